The van der Waals surface area contributed by atoms with Gasteiger partial charge in [0.25, 0.3) is 0 Å². The summed E-state index contributed by atoms with van der Waals surface area (Å²) in [4.78, 5) is 48.3. The molecule has 1 saturated heterocycles. The maximum Gasteiger partial charge on any atom is 0.410 e. The second-order valence-corrected chi connectivity index (χ2v) is 14.6. The van der Waals surface area contributed by atoms with E-state index in [9.17, 15) is 14.4 Å². The number of halogens is 1. The monoisotopic (exact) mass is 739 g/mol. The third kappa shape index (κ3) is 7.11. The Labute approximate surface area is 320 Å². The number of amides is 3. The van der Waals surface area contributed by atoms with Crippen molar-refractivity contribution >= 4 is 40.9 Å². The van der Waals surface area contributed by atoms with Crippen LogP contribution in [0.15, 0.2) is 121 Å². The van der Waals surface area contributed by atoms with Crippen molar-refractivity contribution in [3.63, 3.8) is 0 Å². The van der Waals surface area contributed by atoms with Gasteiger partial charge in [-0.05, 0) is 63.2 Å². The molecule has 3 N–H and O–H groups in total. The van der Waals surface area contributed by atoms with Crippen LogP contribution in [0.2, 0.25) is 5.02 Å². The van der Waals surface area contributed by atoms with E-state index in [2.05, 4.69) is 34.5 Å². The van der Waals surface area contributed by atoms with E-state index < -0.39 is 24.1 Å². The van der Waals surface area contributed by atoms with Crippen molar-refractivity contribution < 1.29 is 19.1 Å². The van der Waals surface area contributed by atoms with Gasteiger partial charge in [-0.25, -0.2) is 4.79 Å². The Hall–Kier alpha value is -5.80. The Morgan fingerprint density at radius 3 is 2.06 bits per heavy atom. The highest BCUT2D eigenvalue weighted by Crippen LogP contribution is 2.44. The molecule has 5 aromatic carbocycles. The predicted octanol–water partition coefficient (Wildman–Crippen LogP) is 6.67. The molecule has 5 aromatic rings. The van der Waals surface area contributed by atoms with Gasteiger partial charge < -0.3 is 25.6 Å². The summed E-state index contributed by atoms with van der Waals surface area (Å²) in [7, 11) is 0. The van der Waals surface area contributed by atoms with Gasteiger partial charge in [-0.2, -0.15) is 0 Å². The zero-order valence-corrected chi connectivity index (χ0v) is 30.6. The fourth-order valence-electron chi connectivity index (χ4n) is 8.11. The van der Waals surface area contributed by atoms with E-state index in [0.29, 0.717) is 43.3 Å². The fourth-order valence-corrected chi connectivity index (χ4v) is 8.24. The minimum Gasteiger partial charge on any atom is -0.448 e. The van der Waals surface area contributed by atoms with Gasteiger partial charge in [0, 0.05) is 50.0 Å². The number of anilines is 2. The number of para-hydroxylation sites is 2. The lowest BCUT2D eigenvalue weighted by molar-refractivity contribution is -0.138. The minimum absolute atomic E-state index is 0.120. The number of fused-ring (bicyclic) bond motifs is 4. The first-order valence-corrected chi connectivity index (χ1v) is 18.8. The van der Waals surface area contributed by atoms with Gasteiger partial charge >= 0.3 is 6.09 Å². The molecule has 0 saturated carbocycles. The Bertz CT molecular complexity index is 2140. The SMILES string of the molecule is Nc1ccccc1N1CCN(C(=O)C(Cc2ccc(Cl)cc2)NC(=O)C2Cc3ccccc3CN2C(=O)OCC2c3ccccc3-c3ccccc32)CC1. The van der Waals surface area contributed by atoms with Crippen LogP contribution >= 0.6 is 11.6 Å². The summed E-state index contributed by atoms with van der Waals surface area (Å²) < 4.78 is 6.09. The van der Waals surface area contributed by atoms with Crippen LogP contribution < -0.4 is 16.0 Å². The average Bonchev–Trinajstić information content (AvgIpc) is 3.53. The summed E-state index contributed by atoms with van der Waals surface area (Å²) in [5, 5.41) is 3.68. The van der Waals surface area contributed by atoms with Crippen LogP contribution in [0.1, 0.15) is 33.7 Å². The van der Waals surface area contributed by atoms with Crippen LogP contribution in [-0.4, -0.2) is 72.6 Å². The van der Waals surface area contributed by atoms with Gasteiger partial charge in [-0.15, -0.1) is 0 Å². The lowest BCUT2D eigenvalue weighted by Gasteiger charge is -2.39. The van der Waals surface area contributed by atoms with Gasteiger partial charge in [-0.3, -0.25) is 14.5 Å². The number of benzene rings is 5. The van der Waals surface area contributed by atoms with E-state index in [1.54, 1.807) is 17.0 Å². The maximum atomic E-state index is 14.5. The Morgan fingerprint density at radius 1 is 0.759 bits per heavy atom. The van der Waals surface area contributed by atoms with Gasteiger partial charge in [0.1, 0.15) is 18.7 Å². The van der Waals surface area contributed by atoms with Crippen molar-refractivity contribution in [1.29, 1.82) is 0 Å². The molecular formula is C44H42ClN5O4. The highest BCUT2D eigenvalue weighted by molar-refractivity contribution is 6.30. The molecule has 0 radical (unpaired) electrons. The Morgan fingerprint density at radius 2 is 1.37 bits per heavy atom. The molecule has 3 amide bonds. The van der Waals surface area contributed by atoms with Crippen LogP contribution in [0.4, 0.5) is 16.2 Å². The summed E-state index contributed by atoms with van der Waals surface area (Å²) in [5.41, 5.74) is 15.2. The normalized spacial score (nSPS) is 16.9. The number of nitrogens with two attached hydrogens (primary N) is 1. The molecular weight excluding hydrogens is 698 g/mol. The van der Waals surface area contributed by atoms with Crippen LogP contribution in [0.3, 0.4) is 0 Å². The fraction of sp³-hybridized carbons (Fsp3) is 0.250. The van der Waals surface area contributed by atoms with Crippen LogP contribution in [-0.2, 0) is 33.7 Å². The van der Waals surface area contributed by atoms with Crippen molar-refractivity contribution in [1.82, 2.24) is 15.1 Å². The van der Waals surface area contributed by atoms with Crippen molar-refractivity contribution in [2.75, 3.05) is 43.4 Å². The lowest BCUT2D eigenvalue weighted by atomic mass is 9.93. The number of ether oxygens (including phenoxy) is 1. The number of piperazine rings is 1. The van der Waals surface area contributed by atoms with Crippen LogP contribution in [0.25, 0.3) is 11.1 Å². The van der Waals surface area contributed by atoms with Gasteiger partial charge in [0.15, 0.2) is 0 Å². The second-order valence-electron chi connectivity index (χ2n) is 14.2. The van der Waals surface area contributed by atoms with Crippen molar-refractivity contribution in [3.8, 4) is 11.1 Å². The summed E-state index contributed by atoms with van der Waals surface area (Å²) in [6, 6.07) is 37.5. The Kier molecular flexibility index (Phi) is 9.97. The molecule has 8 rings (SSSR count). The molecule has 3 aliphatic rings. The van der Waals surface area contributed by atoms with E-state index in [1.165, 1.54) is 4.90 Å². The number of hydrogen-bond acceptors (Lipinski definition) is 6. The molecule has 0 bridgehead atoms. The summed E-state index contributed by atoms with van der Waals surface area (Å²) in [5.74, 6) is -0.699. The number of nitrogens with zero attached hydrogens (tertiary/aromatic N) is 3. The predicted molar refractivity (Wildman–Crippen MR) is 211 cm³/mol. The molecule has 2 atom stereocenters. The van der Waals surface area contributed by atoms with E-state index in [1.807, 2.05) is 84.9 Å². The van der Waals surface area contributed by atoms with Crippen molar-refractivity contribution in [2.24, 2.45) is 0 Å². The van der Waals surface area contributed by atoms with E-state index in [-0.39, 0.29) is 31.4 Å². The third-order valence-electron chi connectivity index (χ3n) is 11.0. The largest absolute Gasteiger partial charge is 0.448 e. The number of nitrogen functional groups attached to an aromatic ring is 1. The molecule has 2 heterocycles. The molecule has 0 aromatic heterocycles. The van der Waals surface area contributed by atoms with E-state index >= 15 is 0 Å². The van der Waals surface area contributed by atoms with Crippen molar-refractivity contribution in [2.45, 2.75) is 37.4 Å². The molecule has 2 unspecified atom stereocenters. The molecule has 10 heteroatoms. The smallest absolute Gasteiger partial charge is 0.410 e. The standard InChI is InChI=1S/C44H42ClN5O4/c45-32-19-17-29(18-20-32)25-39(43(52)49-23-21-48(22-24-49)40-16-8-7-15-38(40)46)47-42(51)41-26-30-9-1-2-10-31(30)27-50(41)44(53)54-28-37-35-13-5-3-11-33(35)34-12-4-6-14-36(34)37/h1-20,37,39,41H,21-28,46H2,(H,47,51). The molecule has 0 spiro atoms. The zero-order chi connectivity index (χ0) is 37.2. The average molecular weight is 740 g/mol. The van der Waals surface area contributed by atoms with Crippen molar-refractivity contribution in [3.05, 3.63) is 154 Å². The highest BCUT2D eigenvalue weighted by atomic mass is 35.5. The maximum absolute atomic E-state index is 14.5. The van der Waals surface area contributed by atoms with Crippen LogP contribution in [0, 0.1) is 0 Å². The number of hydrogen-bond donors (Lipinski definition) is 2. The molecule has 1 fully saturated rings. The van der Waals surface area contributed by atoms with Gasteiger partial charge in [0.2, 0.25) is 11.8 Å². The molecule has 9 nitrogen and oxygen atoms in total. The first-order valence-electron chi connectivity index (χ1n) is 18.5. The van der Waals surface area contributed by atoms with E-state index in [0.717, 1.165) is 44.6 Å². The number of carbonyl (C=O) groups is 3. The number of rotatable bonds is 8. The summed E-state index contributed by atoms with van der Waals surface area (Å²) in [6.45, 7) is 2.52. The Balaban J connectivity index is 1.01. The lowest BCUT2D eigenvalue weighted by Crippen LogP contribution is -2.59. The van der Waals surface area contributed by atoms with Gasteiger partial charge in [0.05, 0.1) is 17.9 Å². The first-order chi connectivity index (χ1) is 26.3. The molecule has 2 aliphatic heterocycles. The molecule has 1 aliphatic carbocycles. The third-order valence-corrected chi connectivity index (χ3v) is 11.2. The zero-order valence-electron chi connectivity index (χ0n) is 29.9. The van der Waals surface area contributed by atoms with Gasteiger partial charge in [-0.1, -0.05) is 109 Å². The summed E-state index contributed by atoms with van der Waals surface area (Å²) >= 11 is 6.19. The minimum atomic E-state index is -0.881. The number of nitrogens with one attached hydrogen (secondary N) is 1. The quantitative estimate of drug-likeness (QED) is 0.172. The van der Waals surface area contributed by atoms with E-state index in [4.69, 9.17) is 22.1 Å². The second kappa shape index (κ2) is 15.3. The number of carbonyl (C=O) groups excluding carboxylic acids is 3. The summed E-state index contributed by atoms with van der Waals surface area (Å²) in [6.07, 6.45) is -0.00373. The van der Waals surface area contributed by atoms with Crippen LogP contribution in [0.5, 0.6) is 0 Å². The first kappa shape index (κ1) is 35.2. The molecule has 54 heavy (non-hydrogen) atoms. The topological polar surface area (TPSA) is 108 Å². The molecule has 274 valence electrons. The highest BCUT2D eigenvalue weighted by Gasteiger charge is 2.39.